The Morgan fingerprint density at radius 1 is 1.16 bits per heavy atom. The van der Waals surface area contributed by atoms with Crippen molar-refractivity contribution in [1.82, 2.24) is 9.97 Å². The lowest BCUT2D eigenvalue weighted by atomic mass is 9.98. The molecule has 3 rings (SSSR count). The number of hydrogen-bond donors (Lipinski definition) is 2. The highest BCUT2D eigenvalue weighted by molar-refractivity contribution is 5.57. The highest BCUT2D eigenvalue weighted by Crippen LogP contribution is 2.49. The summed E-state index contributed by atoms with van der Waals surface area (Å²) in [4.78, 5) is 8.72. The Balaban J connectivity index is 1.68. The average Bonchev–Trinajstić information content (AvgIpc) is 3.30. The summed E-state index contributed by atoms with van der Waals surface area (Å²) >= 11 is 0. The number of nitrogens with one attached hydrogen (secondary N) is 2. The van der Waals surface area contributed by atoms with E-state index in [1.54, 1.807) is 6.33 Å². The smallest absolute Gasteiger partial charge is 0.134 e. The third kappa shape index (κ3) is 2.82. The molecule has 1 heterocycles. The molecule has 0 saturated heterocycles. The van der Waals surface area contributed by atoms with E-state index in [1.807, 2.05) is 7.05 Å². The summed E-state index contributed by atoms with van der Waals surface area (Å²) in [5.41, 5.74) is 1.20. The normalized spacial score (nSPS) is 18.7. The Kier molecular flexibility index (Phi) is 3.58. The van der Waals surface area contributed by atoms with Crippen LogP contribution in [0.25, 0.3) is 0 Å². The maximum absolute atomic E-state index is 4.43. The Morgan fingerprint density at radius 3 is 2.32 bits per heavy atom. The van der Waals surface area contributed by atoms with Crippen molar-refractivity contribution in [2.24, 2.45) is 17.8 Å². The Hall–Kier alpha value is -1.32. The Bertz CT molecular complexity index is 426. The average molecular weight is 260 g/mol. The molecule has 4 heteroatoms. The van der Waals surface area contributed by atoms with Crippen LogP contribution in [0, 0.1) is 17.8 Å². The second-order valence-corrected chi connectivity index (χ2v) is 5.87. The van der Waals surface area contributed by atoms with E-state index in [4.69, 9.17) is 0 Å². The Morgan fingerprint density at radius 2 is 1.79 bits per heavy atom. The molecule has 0 radical (unpaired) electrons. The molecule has 4 nitrogen and oxygen atoms in total. The second-order valence-electron chi connectivity index (χ2n) is 5.87. The van der Waals surface area contributed by atoms with Gasteiger partial charge < -0.3 is 10.6 Å². The van der Waals surface area contributed by atoms with Crippen LogP contribution in [-0.2, 0) is 6.42 Å². The van der Waals surface area contributed by atoms with Crippen LogP contribution in [0.3, 0.4) is 0 Å². The number of anilines is 2. The van der Waals surface area contributed by atoms with Crippen molar-refractivity contribution in [2.75, 3.05) is 24.2 Å². The second kappa shape index (κ2) is 5.35. The van der Waals surface area contributed by atoms with Crippen LogP contribution >= 0.6 is 0 Å². The topological polar surface area (TPSA) is 49.8 Å². The van der Waals surface area contributed by atoms with Crippen molar-refractivity contribution in [2.45, 2.75) is 39.0 Å². The fourth-order valence-corrected chi connectivity index (χ4v) is 3.10. The zero-order valence-electron chi connectivity index (χ0n) is 11.9. The van der Waals surface area contributed by atoms with E-state index in [0.717, 1.165) is 42.4 Å². The summed E-state index contributed by atoms with van der Waals surface area (Å²) in [5, 5.41) is 6.74. The molecular weight excluding hydrogens is 236 g/mol. The SMILES string of the molecule is CCc1c(NC)ncnc1NCC(C1CC1)C1CC1. The molecule has 2 fully saturated rings. The molecule has 0 amide bonds. The monoisotopic (exact) mass is 260 g/mol. The molecule has 0 bridgehead atoms. The molecule has 1 aromatic heterocycles. The first kappa shape index (κ1) is 12.7. The molecule has 2 aliphatic rings. The third-order valence-electron chi connectivity index (χ3n) is 4.50. The van der Waals surface area contributed by atoms with Gasteiger partial charge in [0.25, 0.3) is 0 Å². The fourth-order valence-electron chi connectivity index (χ4n) is 3.10. The van der Waals surface area contributed by atoms with Gasteiger partial charge in [0.15, 0.2) is 0 Å². The Labute approximate surface area is 115 Å². The fraction of sp³-hybridized carbons (Fsp3) is 0.733. The predicted molar refractivity (Wildman–Crippen MR) is 78.4 cm³/mol. The molecule has 104 valence electrons. The molecule has 19 heavy (non-hydrogen) atoms. The van der Waals surface area contributed by atoms with E-state index in [1.165, 1.54) is 31.2 Å². The lowest BCUT2D eigenvalue weighted by Crippen LogP contribution is -2.20. The largest absolute Gasteiger partial charge is 0.373 e. The molecule has 0 spiro atoms. The van der Waals surface area contributed by atoms with E-state index in [-0.39, 0.29) is 0 Å². The van der Waals surface area contributed by atoms with Crippen molar-refractivity contribution in [3.05, 3.63) is 11.9 Å². The van der Waals surface area contributed by atoms with Crippen LogP contribution in [0.1, 0.15) is 38.2 Å². The van der Waals surface area contributed by atoms with E-state index in [0.29, 0.717) is 0 Å². The molecule has 2 aliphatic carbocycles. The van der Waals surface area contributed by atoms with Gasteiger partial charge >= 0.3 is 0 Å². The minimum Gasteiger partial charge on any atom is -0.373 e. The summed E-state index contributed by atoms with van der Waals surface area (Å²) in [6, 6.07) is 0. The van der Waals surface area contributed by atoms with Crippen molar-refractivity contribution in [3.63, 3.8) is 0 Å². The molecule has 0 atom stereocenters. The predicted octanol–water partition coefficient (Wildman–Crippen LogP) is 2.93. The van der Waals surface area contributed by atoms with Crippen molar-refractivity contribution >= 4 is 11.6 Å². The van der Waals surface area contributed by atoms with Crippen LogP contribution in [0.15, 0.2) is 6.33 Å². The summed E-state index contributed by atoms with van der Waals surface area (Å²) in [7, 11) is 1.92. The van der Waals surface area contributed by atoms with Crippen LogP contribution < -0.4 is 10.6 Å². The first-order valence-corrected chi connectivity index (χ1v) is 7.59. The summed E-state index contributed by atoms with van der Waals surface area (Å²) in [6.45, 7) is 3.24. The van der Waals surface area contributed by atoms with Gasteiger partial charge in [-0.1, -0.05) is 6.92 Å². The van der Waals surface area contributed by atoms with Gasteiger partial charge in [-0.3, -0.25) is 0 Å². The van der Waals surface area contributed by atoms with E-state index >= 15 is 0 Å². The highest BCUT2D eigenvalue weighted by Gasteiger charge is 2.41. The zero-order chi connectivity index (χ0) is 13.2. The molecule has 1 aromatic rings. The lowest BCUT2D eigenvalue weighted by Gasteiger charge is -2.18. The maximum Gasteiger partial charge on any atom is 0.134 e. The van der Waals surface area contributed by atoms with Crippen LogP contribution in [0.4, 0.5) is 11.6 Å². The van der Waals surface area contributed by atoms with Crippen LogP contribution in [0.2, 0.25) is 0 Å². The number of aromatic nitrogens is 2. The minimum absolute atomic E-state index is 0.873. The molecule has 0 unspecified atom stereocenters. The van der Waals surface area contributed by atoms with Gasteiger partial charge in [-0.05, 0) is 49.9 Å². The summed E-state index contributed by atoms with van der Waals surface area (Å²) in [5.74, 6) is 4.81. The zero-order valence-corrected chi connectivity index (χ0v) is 11.9. The molecular formula is C15H24N4. The van der Waals surface area contributed by atoms with E-state index in [2.05, 4.69) is 27.5 Å². The van der Waals surface area contributed by atoms with Crippen molar-refractivity contribution in [3.8, 4) is 0 Å². The molecule has 2 N–H and O–H groups in total. The standard InChI is InChI=1S/C15H24N4/c1-3-12-14(16-2)18-9-19-15(12)17-8-13(10-4-5-10)11-6-7-11/h9-11,13H,3-8H2,1-2H3,(H2,16,17,18,19). The van der Waals surface area contributed by atoms with Crippen molar-refractivity contribution < 1.29 is 0 Å². The summed E-state index contributed by atoms with van der Waals surface area (Å²) < 4.78 is 0. The van der Waals surface area contributed by atoms with Gasteiger partial charge in [0.05, 0.1) is 0 Å². The van der Waals surface area contributed by atoms with Crippen LogP contribution in [0.5, 0.6) is 0 Å². The quantitative estimate of drug-likeness (QED) is 0.791. The molecule has 0 aromatic carbocycles. The lowest BCUT2D eigenvalue weighted by molar-refractivity contribution is 0.427. The van der Waals surface area contributed by atoms with Gasteiger partial charge in [0, 0.05) is 19.2 Å². The number of hydrogen-bond acceptors (Lipinski definition) is 4. The number of rotatable bonds is 7. The van der Waals surface area contributed by atoms with Gasteiger partial charge in [0.1, 0.15) is 18.0 Å². The van der Waals surface area contributed by atoms with Gasteiger partial charge in [-0.2, -0.15) is 0 Å². The van der Waals surface area contributed by atoms with Gasteiger partial charge in [0.2, 0.25) is 0 Å². The van der Waals surface area contributed by atoms with E-state index < -0.39 is 0 Å². The van der Waals surface area contributed by atoms with E-state index in [9.17, 15) is 0 Å². The molecule has 2 saturated carbocycles. The van der Waals surface area contributed by atoms with Crippen LogP contribution in [-0.4, -0.2) is 23.6 Å². The first-order valence-electron chi connectivity index (χ1n) is 7.59. The maximum atomic E-state index is 4.43. The van der Waals surface area contributed by atoms with Crippen molar-refractivity contribution in [1.29, 1.82) is 0 Å². The third-order valence-corrected chi connectivity index (χ3v) is 4.50. The molecule has 0 aliphatic heterocycles. The first-order chi connectivity index (χ1) is 9.33. The van der Waals surface area contributed by atoms with Gasteiger partial charge in [-0.25, -0.2) is 9.97 Å². The number of nitrogens with zero attached hydrogens (tertiary/aromatic N) is 2. The minimum atomic E-state index is 0.873. The summed E-state index contributed by atoms with van der Waals surface area (Å²) in [6.07, 6.45) is 8.36. The highest BCUT2D eigenvalue weighted by atomic mass is 15.1. The van der Waals surface area contributed by atoms with Gasteiger partial charge in [-0.15, -0.1) is 0 Å².